The van der Waals surface area contributed by atoms with Gasteiger partial charge in [0.1, 0.15) is 5.82 Å². The lowest BCUT2D eigenvalue weighted by molar-refractivity contribution is 0.319. The molecule has 0 atom stereocenters. The summed E-state index contributed by atoms with van der Waals surface area (Å²) in [4.78, 5) is 0. The molecule has 1 heterocycles. The van der Waals surface area contributed by atoms with E-state index in [2.05, 4.69) is 10.3 Å². The van der Waals surface area contributed by atoms with Gasteiger partial charge in [0, 0.05) is 17.3 Å². The van der Waals surface area contributed by atoms with E-state index in [1.165, 1.54) is 12.1 Å². The fourth-order valence-corrected chi connectivity index (χ4v) is 2.30. The predicted molar refractivity (Wildman–Crippen MR) is 92.9 cm³/mol. The Bertz CT molecular complexity index is 881. The topological polar surface area (TPSA) is 50.4 Å². The first-order valence-electron chi connectivity index (χ1n) is 7.45. The molecule has 0 saturated heterocycles. The third-order valence-electron chi connectivity index (χ3n) is 3.54. The minimum atomic E-state index is -0.290. The highest BCUT2D eigenvalue weighted by Gasteiger charge is 2.10. The van der Waals surface area contributed by atoms with Crippen molar-refractivity contribution in [2.75, 3.05) is 0 Å². The Morgan fingerprint density at radius 3 is 2.50 bits per heavy atom. The molecule has 1 N–H and O–H groups in total. The van der Waals surface area contributed by atoms with Crippen molar-refractivity contribution in [2.24, 2.45) is 5.16 Å². The van der Waals surface area contributed by atoms with Gasteiger partial charge in [-0.25, -0.2) is 9.07 Å². The number of halogens is 1. The van der Waals surface area contributed by atoms with E-state index in [4.69, 9.17) is 5.21 Å². The van der Waals surface area contributed by atoms with Crippen molar-refractivity contribution in [3.8, 4) is 16.9 Å². The largest absolute Gasteiger partial charge is 0.411 e. The van der Waals surface area contributed by atoms with Gasteiger partial charge in [-0.15, -0.1) is 0 Å². The maximum atomic E-state index is 13.2. The molecule has 0 spiro atoms. The number of para-hydroxylation sites is 1. The Balaban J connectivity index is 2.09. The van der Waals surface area contributed by atoms with Crippen molar-refractivity contribution in [1.82, 2.24) is 9.78 Å². The van der Waals surface area contributed by atoms with Crippen LogP contribution in [0.3, 0.4) is 0 Å². The Labute approximate surface area is 139 Å². The van der Waals surface area contributed by atoms with Gasteiger partial charge < -0.3 is 5.21 Å². The van der Waals surface area contributed by atoms with Crippen molar-refractivity contribution >= 4 is 11.8 Å². The second-order valence-corrected chi connectivity index (χ2v) is 5.29. The molecule has 5 heteroatoms. The number of benzene rings is 2. The number of nitrogens with zero attached hydrogens (tertiary/aromatic N) is 3. The Morgan fingerprint density at radius 2 is 1.83 bits per heavy atom. The molecule has 3 rings (SSSR count). The summed E-state index contributed by atoms with van der Waals surface area (Å²) in [7, 11) is 0. The van der Waals surface area contributed by atoms with E-state index < -0.39 is 0 Å². The predicted octanol–water partition coefficient (Wildman–Crippen LogP) is 4.54. The molecular weight excluding hydrogens is 305 g/mol. The lowest BCUT2D eigenvalue weighted by atomic mass is 10.1. The van der Waals surface area contributed by atoms with Crippen LogP contribution in [0.15, 0.2) is 72.0 Å². The fourth-order valence-electron chi connectivity index (χ4n) is 2.30. The zero-order valence-electron chi connectivity index (χ0n) is 13.1. The minimum Gasteiger partial charge on any atom is -0.411 e. The van der Waals surface area contributed by atoms with Crippen molar-refractivity contribution < 1.29 is 9.60 Å². The summed E-state index contributed by atoms with van der Waals surface area (Å²) in [5.41, 5.74) is 3.78. The lowest BCUT2D eigenvalue weighted by Crippen LogP contribution is -1.94. The average molecular weight is 321 g/mol. The Kier molecular flexibility index (Phi) is 4.52. The van der Waals surface area contributed by atoms with E-state index in [0.717, 1.165) is 22.5 Å². The van der Waals surface area contributed by atoms with Crippen LogP contribution in [0, 0.1) is 5.82 Å². The van der Waals surface area contributed by atoms with Gasteiger partial charge in [-0.2, -0.15) is 5.10 Å². The molecule has 0 saturated carbocycles. The monoisotopic (exact) mass is 321 g/mol. The number of hydrogen-bond donors (Lipinski definition) is 1. The standard InChI is InChI=1S/C19H16FN3O/c1-14(22-24)7-8-16-13-23(18-5-3-2-4-6-18)21-19(16)15-9-11-17(20)12-10-15/h2-13,24H,1H3. The van der Waals surface area contributed by atoms with Gasteiger partial charge in [-0.05, 0) is 55.5 Å². The van der Waals surface area contributed by atoms with Gasteiger partial charge in [-0.1, -0.05) is 23.4 Å². The van der Waals surface area contributed by atoms with Crippen LogP contribution >= 0.6 is 0 Å². The highest BCUT2D eigenvalue weighted by atomic mass is 19.1. The van der Waals surface area contributed by atoms with E-state index in [9.17, 15) is 4.39 Å². The van der Waals surface area contributed by atoms with E-state index in [0.29, 0.717) is 5.71 Å². The summed E-state index contributed by atoms with van der Waals surface area (Å²) in [5.74, 6) is -0.290. The molecule has 0 aliphatic heterocycles. The normalized spacial score (nSPS) is 12.0. The first kappa shape index (κ1) is 15.7. The van der Waals surface area contributed by atoms with Gasteiger partial charge in [0.2, 0.25) is 0 Å². The number of aromatic nitrogens is 2. The van der Waals surface area contributed by atoms with Crippen LogP contribution in [-0.4, -0.2) is 20.7 Å². The number of allylic oxidation sites excluding steroid dienone is 1. The molecule has 0 aliphatic rings. The molecule has 3 aromatic rings. The summed E-state index contributed by atoms with van der Waals surface area (Å²) >= 11 is 0. The summed E-state index contributed by atoms with van der Waals surface area (Å²) in [6.45, 7) is 1.69. The summed E-state index contributed by atoms with van der Waals surface area (Å²) in [6.07, 6.45) is 5.40. The maximum absolute atomic E-state index is 13.2. The molecule has 4 nitrogen and oxygen atoms in total. The average Bonchev–Trinajstić information content (AvgIpc) is 3.05. The zero-order chi connectivity index (χ0) is 16.9. The molecule has 0 aliphatic carbocycles. The summed E-state index contributed by atoms with van der Waals surface area (Å²) in [6, 6.07) is 15.9. The first-order chi connectivity index (χ1) is 11.7. The van der Waals surface area contributed by atoms with Crippen molar-refractivity contribution in [3.05, 3.63) is 78.3 Å². The first-order valence-corrected chi connectivity index (χ1v) is 7.45. The van der Waals surface area contributed by atoms with Gasteiger partial charge in [-0.3, -0.25) is 0 Å². The molecule has 0 amide bonds. The zero-order valence-corrected chi connectivity index (χ0v) is 13.1. The van der Waals surface area contributed by atoms with E-state index in [-0.39, 0.29) is 5.82 Å². The summed E-state index contributed by atoms with van der Waals surface area (Å²) < 4.78 is 15.0. The lowest BCUT2D eigenvalue weighted by Gasteiger charge is -2.00. The fraction of sp³-hybridized carbons (Fsp3) is 0.0526. The Morgan fingerprint density at radius 1 is 1.12 bits per heavy atom. The third-order valence-corrected chi connectivity index (χ3v) is 3.54. The van der Waals surface area contributed by atoms with Crippen LogP contribution in [0.4, 0.5) is 4.39 Å². The maximum Gasteiger partial charge on any atom is 0.123 e. The van der Waals surface area contributed by atoms with Crippen LogP contribution in [0.2, 0.25) is 0 Å². The SMILES string of the molecule is CC(C=Cc1cn(-c2ccccc2)nc1-c1ccc(F)cc1)=NO. The number of rotatable bonds is 4. The molecule has 1 aromatic heterocycles. The van der Waals surface area contributed by atoms with Gasteiger partial charge in [0.05, 0.1) is 17.1 Å². The molecule has 24 heavy (non-hydrogen) atoms. The molecular formula is C19H16FN3O. The van der Waals surface area contributed by atoms with E-state index >= 15 is 0 Å². The molecule has 0 bridgehead atoms. The Hall–Kier alpha value is -3.21. The number of oxime groups is 1. The molecule has 0 radical (unpaired) electrons. The van der Waals surface area contributed by atoms with Crippen LogP contribution in [0.1, 0.15) is 12.5 Å². The van der Waals surface area contributed by atoms with Gasteiger partial charge in [0.15, 0.2) is 0 Å². The van der Waals surface area contributed by atoms with Crippen LogP contribution in [-0.2, 0) is 0 Å². The van der Waals surface area contributed by atoms with Crippen molar-refractivity contribution in [3.63, 3.8) is 0 Å². The van der Waals surface area contributed by atoms with Crippen LogP contribution in [0.5, 0.6) is 0 Å². The van der Waals surface area contributed by atoms with Crippen molar-refractivity contribution in [1.29, 1.82) is 0 Å². The van der Waals surface area contributed by atoms with Gasteiger partial charge in [0.25, 0.3) is 0 Å². The van der Waals surface area contributed by atoms with E-state index in [1.807, 2.05) is 42.6 Å². The quantitative estimate of drug-likeness (QED) is 0.436. The molecule has 0 fully saturated rings. The second-order valence-electron chi connectivity index (χ2n) is 5.29. The minimum absolute atomic E-state index is 0.290. The molecule has 2 aromatic carbocycles. The molecule has 0 unspecified atom stereocenters. The van der Waals surface area contributed by atoms with Crippen LogP contribution in [0.25, 0.3) is 23.0 Å². The van der Waals surface area contributed by atoms with Crippen molar-refractivity contribution in [2.45, 2.75) is 6.92 Å². The highest BCUT2D eigenvalue weighted by Crippen LogP contribution is 2.25. The smallest absolute Gasteiger partial charge is 0.123 e. The third kappa shape index (κ3) is 3.41. The number of hydrogen-bond acceptors (Lipinski definition) is 3. The van der Waals surface area contributed by atoms with Crippen LogP contribution < -0.4 is 0 Å². The second kappa shape index (κ2) is 6.91. The molecule has 120 valence electrons. The highest BCUT2D eigenvalue weighted by molar-refractivity contribution is 5.96. The van der Waals surface area contributed by atoms with E-state index in [1.54, 1.807) is 29.8 Å². The summed E-state index contributed by atoms with van der Waals surface area (Å²) in [5, 5.41) is 16.5. The van der Waals surface area contributed by atoms with Gasteiger partial charge >= 0.3 is 0 Å².